The smallest absolute Gasteiger partial charge is 0.391 e. The summed E-state index contributed by atoms with van der Waals surface area (Å²) >= 11 is 0. The third kappa shape index (κ3) is 3.79. The number of furan rings is 1. The largest absolute Gasteiger partial charge is 0.465 e. The van der Waals surface area contributed by atoms with Crippen molar-refractivity contribution in [2.24, 2.45) is 5.92 Å². The van der Waals surface area contributed by atoms with Gasteiger partial charge in [0.1, 0.15) is 5.76 Å². The van der Waals surface area contributed by atoms with Crippen LogP contribution in [-0.2, 0) is 10.0 Å². The van der Waals surface area contributed by atoms with Crippen molar-refractivity contribution in [1.82, 2.24) is 4.31 Å². The SMILES string of the molecule is CC1=C(c2ccco2)CN(S(=O)(=O)C2CCC(C(F)(F)F)CC2)CC1. The van der Waals surface area contributed by atoms with Gasteiger partial charge in [-0.3, -0.25) is 0 Å². The third-order valence-corrected chi connectivity index (χ3v) is 7.67. The summed E-state index contributed by atoms with van der Waals surface area (Å²) in [6.07, 6.45) is -2.16. The summed E-state index contributed by atoms with van der Waals surface area (Å²) in [5.74, 6) is -0.723. The predicted octanol–water partition coefficient (Wildman–Crippen LogP) is 4.21. The molecule has 4 nitrogen and oxygen atoms in total. The van der Waals surface area contributed by atoms with Gasteiger partial charge in [-0.2, -0.15) is 17.5 Å². The second-order valence-corrected chi connectivity index (χ2v) is 9.09. The molecule has 0 atom stereocenters. The number of halogens is 3. The van der Waals surface area contributed by atoms with Gasteiger partial charge in [-0.25, -0.2) is 8.42 Å². The number of sulfonamides is 1. The first-order valence-corrected chi connectivity index (χ1v) is 9.98. The average molecular weight is 377 g/mol. The molecule has 0 aromatic carbocycles. The maximum absolute atomic E-state index is 12.9. The van der Waals surface area contributed by atoms with Crippen LogP contribution in [0.5, 0.6) is 0 Å². The lowest BCUT2D eigenvalue weighted by molar-refractivity contribution is -0.181. The van der Waals surface area contributed by atoms with E-state index in [0.29, 0.717) is 18.7 Å². The fourth-order valence-electron chi connectivity index (χ4n) is 3.69. The zero-order chi connectivity index (χ0) is 18.2. The topological polar surface area (TPSA) is 50.5 Å². The Bertz CT molecular complexity index is 730. The van der Waals surface area contributed by atoms with Gasteiger partial charge in [0.2, 0.25) is 10.0 Å². The second kappa shape index (κ2) is 6.79. The fourth-order valence-corrected chi connectivity index (χ4v) is 5.63. The summed E-state index contributed by atoms with van der Waals surface area (Å²) in [4.78, 5) is 0. The predicted molar refractivity (Wildman–Crippen MR) is 88.2 cm³/mol. The standard InChI is InChI=1S/C17H22F3NO3S/c1-12-8-9-21(11-15(12)16-3-2-10-24-16)25(22,23)14-6-4-13(5-7-14)17(18,19)20/h2-3,10,13-14H,4-9,11H2,1H3. The molecule has 8 heteroatoms. The molecular formula is C17H22F3NO3S. The molecule has 1 fully saturated rings. The van der Waals surface area contributed by atoms with E-state index in [-0.39, 0.29) is 32.2 Å². The number of alkyl halides is 3. The highest BCUT2D eigenvalue weighted by molar-refractivity contribution is 7.89. The highest BCUT2D eigenvalue weighted by atomic mass is 32.2. The molecule has 0 bridgehead atoms. The van der Waals surface area contributed by atoms with Crippen LogP contribution in [-0.4, -0.2) is 37.2 Å². The van der Waals surface area contributed by atoms with Crippen LogP contribution in [0.25, 0.3) is 5.57 Å². The zero-order valence-corrected chi connectivity index (χ0v) is 14.9. The normalized spacial score (nSPS) is 26.9. The van der Waals surface area contributed by atoms with E-state index in [1.54, 1.807) is 18.4 Å². The number of hydrogen-bond acceptors (Lipinski definition) is 3. The van der Waals surface area contributed by atoms with Gasteiger partial charge < -0.3 is 4.42 Å². The van der Waals surface area contributed by atoms with Gasteiger partial charge in [0.05, 0.1) is 17.4 Å². The molecule has 0 amide bonds. The molecule has 1 saturated carbocycles. The number of rotatable bonds is 3. The van der Waals surface area contributed by atoms with Crippen LogP contribution in [0.3, 0.4) is 0 Å². The Morgan fingerprint density at radius 1 is 1.20 bits per heavy atom. The van der Waals surface area contributed by atoms with Gasteiger partial charge in [-0.15, -0.1) is 0 Å². The van der Waals surface area contributed by atoms with Crippen molar-refractivity contribution in [2.75, 3.05) is 13.1 Å². The molecule has 25 heavy (non-hydrogen) atoms. The average Bonchev–Trinajstić information content (AvgIpc) is 3.08. The summed E-state index contributed by atoms with van der Waals surface area (Å²) in [6, 6.07) is 3.55. The van der Waals surface area contributed by atoms with Crippen LogP contribution in [0.15, 0.2) is 28.4 Å². The summed E-state index contributed by atoms with van der Waals surface area (Å²) in [5, 5.41) is -0.720. The maximum atomic E-state index is 12.9. The molecule has 2 heterocycles. The molecule has 0 saturated heterocycles. The molecule has 0 N–H and O–H groups in total. The van der Waals surface area contributed by atoms with Crippen LogP contribution >= 0.6 is 0 Å². The molecule has 0 spiro atoms. The van der Waals surface area contributed by atoms with Gasteiger partial charge in [-0.1, -0.05) is 5.57 Å². The Balaban J connectivity index is 1.72. The minimum absolute atomic E-state index is 0.0712. The first-order chi connectivity index (χ1) is 11.7. The van der Waals surface area contributed by atoms with Crippen LogP contribution in [0.1, 0.15) is 44.8 Å². The van der Waals surface area contributed by atoms with Crippen molar-refractivity contribution in [3.8, 4) is 0 Å². The Morgan fingerprint density at radius 3 is 2.44 bits per heavy atom. The van der Waals surface area contributed by atoms with Crippen molar-refractivity contribution in [3.05, 3.63) is 29.7 Å². The highest BCUT2D eigenvalue weighted by Gasteiger charge is 2.45. The van der Waals surface area contributed by atoms with Crippen LogP contribution < -0.4 is 0 Å². The van der Waals surface area contributed by atoms with E-state index in [2.05, 4.69) is 0 Å². The lowest BCUT2D eigenvalue weighted by atomic mass is 9.88. The van der Waals surface area contributed by atoms with E-state index in [1.165, 1.54) is 4.31 Å². The third-order valence-electron chi connectivity index (χ3n) is 5.32. The fraction of sp³-hybridized carbons (Fsp3) is 0.647. The van der Waals surface area contributed by atoms with Gasteiger partial charge in [0.25, 0.3) is 0 Å². The molecule has 0 unspecified atom stereocenters. The van der Waals surface area contributed by atoms with E-state index < -0.39 is 27.4 Å². The molecule has 1 aliphatic heterocycles. The van der Waals surface area contributed by atoms with Crippen molar-refractivity contribution in [2.45, 2.75) is 50.5 Å². The van der Waals surface area contributed by atoms with E-state index in [0.717, 1.165) is 11.1 Å². The lowest BCUT2D eigenvalue weighted by Gasteiger charge is -2.35. The Kier molecular flexibility index (Phi) is 5.03. The van der Waals surface area contributed by atoms with Crippen LogP contribution in [0.4, 0.5) is 13.2 Å². The minimum atomic E-state index is -4.23. The Hall–Kier alpha value is -1.28. The Morgan fingerprint density at radius 2 is 1.88 bits per heavy atom. The number of nitrogens with zero attached hydrogens (tertiary/aromatic N) is 1. The van der Waals surface area contributed by atoms with Gasteiger partial charge in [0, 0.05) is 18.7 Å². The van der Waals surface area contributed by atoms with Crippen LogP contribution in [0, 0.1) is 5.92 Å². The van der Waals surface area contributed by atoms with E-state index >= 15 is 0 Å². The van der Waals surface area contributed by atoms with E-state index in [9.17, 15) is 21.6 Å². The van der Waals surface area contributed by atoms with Crippen LogP contribution in [0.2, 0.25) is 0 Å². The molecule has 1 aromatic rings. The molecule has 3 rings (SSSR count). The summed E-state index contributed by atoms with van der Waals surface area (Å²) in [7, 11) is -3.61. The van der Waals surface area contributed by atoms with Gasteiger partial charge in [0.15, 0.2) is 0 Å². The summed E-state index contributed by atoms with van der Waals surface area (Å²) < 4.78 is 71.0. The van der Waals surface area contributed by atoms with Gasteiger partial charge in [-0.05, 0) is 51.2 Å². The van der Waals surface area contributed by atoms with Crippen molar-refractivity contribution in [3.63, 3.8) is 0 Å². The first kappa shape index (κ1) is 18.5. The number of hydrogen-bond donors (Lipinski definition) is 0. The highest BCUT2D eigenvalue weighted by Crippen LogP contribution is 2.40. The zero-order valence-electron chi connectivity index (χ0n) is 14.1. The maximum Gasteiger partial charge on any atom is 0.391 e. The second-order valence-electron chi connectivity index (χ2n) is 6.88. The Labute approximate surface area is 145 Å². The molecule has 2 aliphatic rings. The van der Waals surface area contributed by atoms with E-state index in [1.807, 2.05) is 6.92 Å². The quantitative estimate of drug-likeness (QED) is 0.793. The van der Waals surface area contributed by atoms with Gasteiger partial charge >= 0.3 is 6.18 Å². The van der Waals surface area contributed by atoms with E-state index in [4.69, 9.17) is 4.42 Å². The molecule has 1 aromatic heterocycles. The molecular weight excluding hydrogens is 355 g/mol. The lowest BCUT2D eigenvalue weighted by Crippen LogP contribution is -2.44. The molecule has 140 valence electrons. The first-order valence-electron chi connectivity index (χ1n) is 8.47. The van der Waals surface area contributed by atoms with Crippen molar-refractivity contribution < 1.29 is 26.0 Å². The summed E-state index contributed by atoms with van der Waals surface area (Å²) in [6.45, 7) is 2.55. The minimum Gasteiger partial charge on any atom is -0.465 e. The molecule has 0 radical (unpaired) electrons. The monoisotopic (exact) mass is 377 g/mol. The molecule has 1 aliphatic carbocycles. The van der Waals surface area contributed by atoms with Crippen molar-refractivity contribution >= 4 is 15.6 Å². The van der Waals surface area contributed by atoms with Crippen molar-refractivity contribution in [1.29, 1.82) is 0 Å². The summed E-state index contributed by atoms with van der Waals surface area (Å²) in [5.41, 5.74) is 1.94.